The first-order valence-electron chi connectivity index (χ1n) is 3.40. The number of nitrogens with zero attached hydrogens (tertiary/aromatic N) is 1. The van der Waals surface area contributed by atoms with Crippen molar-refractivity contribution in [1.29, 1.82) is 0 Å². The maximum Gasteiger partial charge on any atom is 0.326 e. The summed E-state index contributed by atoms with van der Waals surface area (Å²) in [6, 6.07) is 0. The monoisotopic (exact) mass is 156 g/mol. The summed E-state index contributed by atoms with van der Waals surface area (Å²) in [7, 11) is 0. The van der Waals surface area contributed by atoms with Crippen LogP contribution < -0.4 is 0 Å². The summed E-state index contributed by atoms with van der Waals surface area (Å²) in [6.45, 7) is 3.16. The molecule has 0 spiro atoms. The summed E-state index contributed by atoms with van der Waals surface area (Å²) < 4.78 is 0. The van der Waals surface area contributed by atoms with E-state index in [-0.39, 0.29) is 12.8 Å². The Morgan fingerprint density at radius 2 is 1.55 bits per heavy atom. The van der Waals surface area contributed by atoms with Gasteiger partial charge in [-0.3, -0.25) is 14.4 Å². The normalized spacial score (nSPS) is 8.91. The number of imide groups is 3. The van der Waals surface area contributed by atoms with Crippen LogP contribution in [0.1, 0.15) is 26.7 Å². The molecule has 61 valence electrons. The quantitative estimate of drug-likeness (QED) is 0.549. The number of hydrogen-bond donors (Lipinski definition) is 0. The molecule has 0 N–H and O–H groups in total. The molecule has 0 fully saturated rings. The third-order valence-corrected chi connectivity index (χ3v) is 1.19. The van der Waals surface area contributed by atoms with Gasteiger partial charge in [-0.1, -0.05) is 13.8 Å². The molecule has 0 bridgehead atoms. The molecule has 1 radical (unpaired) electrons. The van der Waals surface area contributed by atoms with Crippen LogP contribution in [0.3, 0.4) is 0 Å². The SMILES string of the molecule is CCC(=O)N([C]=O)C(=O)CC. The fraction of sp³-hybridized carbons (Fsp3) is 0.571. The van der Waals surface area contributed by atoms with Gasteiger partial charge in [0.15, 0.2) is 0 Å². The molecular formula is C7H10NO3. The Labute approximate surface area is 65.2 Å². The highest BCUT2D eigenvalue weighted by Gasteiger charge is 2.17. The number of hydrogen-bond acceptors (Lipinski definition) is 3. The predicted molar refractivity (Wildman–Crippen MR) is 38.1 cm³/mol. The van der Waals surface area contributed by atoms with Crippen molar-refractivity contribution >= 4 is 18.2 Å². The molecule has 0 aliphatic heterocycles. The van der Waals surface area contributed by atoms with Crippen LogP contribution in [0.5, 0.6) is 0 Å². The number of rotatable bonds is 3. The van der Waals surface area contributed by atoms with Crippen molar-refractivity contribution in [3.63, 3.8) is 0 Å². The Bertz CT molecular complexity index is 161. The summed E-state index contributed by atoms with van der Waals surface area (Å²) in [5, 5.41) is 0. The average molecular weight is 156 g/mol. The van der Waals surface area contributed by atoms with Crippen LogP contribution in [-0.2, 0) is 14.4 Å². The lowest BCUT2D eigenvalue weighted by molar-refractivity contribution is -0.139. The van der Waals surface area contributed by atoms with E-state index in [9.17, 15) is 14.4 Å². The summed E-state index contributed by atoms with van der Waals surface area (Å²) >= 11 is 0. The summed E-state index contributed by atoms with van der Waals surface area (Å²) in [4.78, 5) is 32.1. The maximum absolute atomic E-state index is 10.8. The molecule has 3 amide bonds. The molecule has 0 aromatic carbocycles. The first-order chi connectivity index (χ1) is 5.17. The van der Waals surface area contributed by atoms with Gasteiger partial charge in [-0.05, 0) is 0 Å². The van der Waals surface area contributed by atoms with Gasteiger partial charge in [-0.15, -0.1) is 0 Å². The lowest BCUT2D eigenvalue weighted by atomic mass is 10.3. The minimum atomic E-state index is -0.508. The minimum absolute atomic E-state index is 0.140. The zero-order chi connectivity index (χ0) is 8.85. The Balaban J connectivity index is 4.27. The Hall–Kier alpha value is -1.19. The average Bonchev–Trinajstić information content (AvgIpc) is 2.05. The van der Waals surface area contributed by atoms with E-state index in [4.69, 9.17) is 0 Å². The van der Waals surface area contributed by atoms with Gasteiger partial charge in [-0.2, -0.15) is 0 Å². The van der Waals surface area contributed by atoms with Crippen molar-refractivity contribution in [3.05, 3.63) is 0 Å². The second-order valence-electron chi connectivity index (χ2n) is 1.92. The highest BCUT2D eigenvalue weighted by atomic mass is 16.2. The zero-order valence-corrected chi connectivity index (χ0v) is 6.59. The smallest absolute Gasteiger partial charge is 0.274 e. The predicted octanol–water partition coefficient (Wildman–Crippen LogP) is 0.229. The van der Waals surface area contributed by atoms with Crippen LogP contribution >= 0.6 is 0 Å². The molecule has 4 heteroatoms. The first kappa shape index (κ1) is 9.81. The molecule has 0 heterocycles. The summed E-state index contributed by atoms with van der Waals surface area (Å²) in [5.41, 5.74) is 0. The summed E-state index contributed by atoms with van der Waals surface area (Å²) in [5.74, 6) is -1.02. The first-order valence-corrected chi connectivity index (χ1v) is 3.40. The van der Waals surface area contributed by atoms with Crippen molar-refractivity contribution < 1.29 is 14.4 Å². The third kappa shape index (κ3) is 2.49. The molecule has 0 aliphatic carbocycles. The Kier molecular flexibility index (Phi) is 4.10. The van der Waals surface area contributed by atoms with E-state index >= 15 is 0 Å². The lowest BCUT2D eigenvalue weighted by Crippen LogP contribution is -2.34. The zero-order valence-electron chi connectivity index (χ0n) is 6.59. The van der Waals surface area contributed by atoms with E-state index in [1.807, 2.05) is 0 Å². The second kappa shape index (κ2) is 4.60. The van der Waals surface area contributed by atoms with Crippen LogP contribution in [0.4, 0.5) is 0 Å². The largest absolute Gasteiger partial charge is 0.326 e. The summed E-state index contributed by atoms with van der Waals surface area (Å²) in [6.07, 6.45) is 1.57. The molecule has 0 saturated carbocycles. The van der Waals surface area contributed by atoms with Gasteiger partial charge in [-0.25, -0.2) is 4.90 Å². The van der Waals surface area contributed by atoms with E-state index in [1.165, 1.54) is 6.41 Å². The van der Waals surface area contributed by atoms with Crippen LogP contribution in [-0.4, -0.2) is 23.1 Å². The van der Waals surface area contributed by atoms with E-state index in [0.29, 0.717) is 4.90 Å². The fourth-order valence-electron chi connectivity index (χ4n) is 0.557. The molecule has 0 saturated heterocycles. The van der Waals surface area contributed by atoms with Crippen molar-refractivity contribution in [1.82, 2.24) is 4.90 Å². The van der Waals surface area contributed by atoms with Crippen molar-refractivity contribution in [3.8, 4) is 0 Å². The van der Waals surface area contributed by atoms with Crippen molar-refractivity contribution in [2.24, 2.45) is 0 Å². The highest BCUT2D eigenvalue weighted by Crippen LogP contribution is 1.93. The molecule has 0 unspecified atom stereocenters. The molecule has 0 aliphatic rings. The van der Waals surface area contributed by atoms with Crippen LogP contribution in [0.2, 0.25) is 0 Å². The second-order valence-corrected chi connectivity index (χ2v) is 1.92. The van der Waals surface area contributed by atoms with E-state index < -0.39 is 11.8 Å². The van der Waals surface area contributed by atoms with Crippen LogP contribution in [0, 0.1) is 0 Å². The van der Waals surface area contributed by atoms with Gasteiger partial charge < -0.3 is 0 Å². The number of carbonyl (C=O) groups is 2. The Morgan fingerprint density at radius 1 is 1.18 bits per heavy atom. The lowest BCUT2D eigenvalue weighted by Gasteiger charge is -2.08. The van der Waals surface area contributed by atoms with Gasteiger partial charge in [0.2, 0.25) is 11.8 Å². The standard InChI is InChI=1S/C7H10NO3/c1-3-6(10)8(5-9)7(11)4-2/h3-4H2,1-2H3. The fourth-order valence-corrected chi connectivity index (χ4v) is 0.557. The molecule has 4 nitrogen and oxygen atoms in total. The van der Waals surface area contributed by atoms with Crippen LogP contribution in [0.15, 0.2) is 0 Å². The van der Waals surface area contributed by atoms with Gasteiger partial charge in [0.1, 0.15) is 0 Å². The molecule has 0 aromatic rings. The molecule has 0 atom stereocenters. The molecule has 11 heavy (non-hydrogen) atoms. The van der Waals surface area contributed by atoms with E-state index in [1.54, 1.807) is 13.8 Å². The van der Waals surface area contributed by atoms with E-state index in [2.05, 4.69) is 0 Å². The highest BCUT2D eigenvalue weighted by molar-refractivity contribution is 6.04. The third-order valence-electron chi connectivity index (χ3n) is 1.19. The minimum Gasteiger partial charge on any atom is -0.274 e. The number of carbonyl (C=O) groups excluding carboxylic acids is 3. The van der Waals surface area contributed by atoms with Gasteiger partial charge in [0.25, 0.3) is 0 Å². The topological polar surface area (TPSA) is 54.5 Å². The molecule has 0 aromatic heterocycles. The maximum atomic E-state index is 10.8. The van der Waals surface area contributed by atoms with Gasteiger partial charge in [0.05, 0.1) is 0 Å². The van der Waals surface area contributed by atoms with Crippen molar-refractivity contribution in [2.45, 2.75) is 26.7 Å². The Morgan fingerprint density at radius 3 is 1.73 bits per heavy atom. The molecular weight excluding hydrogens is 146 g/mol. The number of amides is 3. The van der Waals surface area contributed by atoms with Gasteiger partial charge in [0, 0.05) is 12.8 Å². The van der Waals surface area contributed by atoms with Crippen LogP contribution in [0.25, 0.3) is 0 Å². The van der Waals surface area contributed by atoms with Gasteiger partial charge >= 0.3 is 6.41 Å². The van der Waals surface area contributed by atoms with E-state index in [0.717, 1.165) is 0 Å². The molecule has 0 rings (SSSR count). The van der Waals surface area contributed by atoms with Crippen molar-refractivity contribution in [2.75, 3.05) is 0 Å².